The van der Waals surface area contributed by atoms with E-state index in [2.05, 4.69) is 0 Å². The van der Waals surface area contributed by atoms with Crippen molar-refractivity contribution in [1.29, 1.82) is 0 Å². The van der Waals surface area contributed by atoms with Crippen molar-refractivity contribution in [2.24, 2.45) is 5.92 Å². The zero-order valence-electron chi connectivity index (χ0n) is 14.0. The maximum atomic E-state index is 12.4. The molecule has 1 amide bonds. The molecule has 0 aliphatic carbocycles. The topological polar surface area (TPSA) is 55.8 Å². The lowest BCUT2D eigenvalue weighted by atomic mass is 10.1. The molecule has 0 aromatic heterocycles. The van der Waals surface area contributed by atoms with Gasteiger partial charge in [-0.2, -0.15) is 0 Å². The smallest absolute Gasteiger partial charge is 0.316 e. The second kappa shape index (κ2) is 7.15. The fraction of sp³-hybridized carbons (Fsp3) is 0.263. The van der Waals surface area contributed by atoms with E-state index >= 15 is 0 Å². The first-order valence-corrected chi connectivity index (χ1v) is 8.28. The first-order chi connectivity index (χ1) is 12.0. The van der Waals surface area contributed by atoms with Crippen molar-refractivity contribution >= 4 is 29.2 Å². The van der Waals surface area contributed by atoms with Crippen molar-refractivity contribution in [3.05, 3.63) is 53.1 Å². The van der Waals surface area contributed by atoms with Gasteiger partial charge in [-0.15, -0.1) is 0 Å². The van der Waals surface area contributed by atoms with E-state index in [9.17, 15) is 9.59 Å². The number of ether oxygens (including phenoxy) is 2. The summed E-state index contributed by atoms with van der Waals surface area (Å²) in [5.74, 6) is 0.0739. The van der Waals surface area contributed by atoms with Gasteiger partial charge in [-0.3, -0.25) is 9.59 Å². The highest BCUT2D eigenvalue weighted by Crippen LogP contribution is 2.32. The quantitative estimate of drug-likeness (QED) is 0.618. The Kier molecular flexibility index (Phi) is 4.95. The Bertz CT molecular complexity index is 804. The molecule has 2 aromatic carbocycles. The minimum Gasteiger partial charge on any atom is -0.497 e. The third-order valence-corrected chi connectivity index (χ3v) is 4.68. The molecule has 2 aromatic rings. The van der Waals surface area contributed by atoms with Crippen LogP contribution in [0.5, 0.6) is 11.5 Å². The highest BCUT2D eigenvalue weighted by molar-refractivity contribution is 6.31. The van der Waals surface area contributed by atoms with Gasteiger partial charge in [0.05, 0.1) is 13.0 Å². The van der Waals surface area contributed by atoms with Crippen LogP contribution in [0.3, 0.4) is 0 Å². The molecule has 1 atom stereocenters. The molecule has 0 radical (unpaired) electrons. The van der Waals surface area contributed by atoms with E-state index in [1.165, 1.54) is 0 Å². The molecule has 1 aliphatic heterocycles. The van der Waals surface area contributed by atoms with Gasteiger partial charge in [-0.05, 0) is 48.9 Å². The van der Waals surface area contributed by atoms with Crippen molar-refractivity contribution in [3.8, 4) is 11.5 Å². The summed E-state index contributed by atoms with van der Waals surface area (Å²) in [6.45, 7) is 2.14. The minimum atomic E-state index is -0.506. The van der Waals surface area contributed by atoms with Crippen molar-refractivity contribution < 1.29 is 19.1 Å². The molecule has 25 heavy (non-hydrogen) atoms. The number of anilines is 1. The molecule has 0 spiro atoms. The summed E-state index contributed by atoms with van der Waals surface area (Å²) in [5, 5.41) is 0.592. The molecular weight excluding hydrogens is 342 g/mol. The molecule has 0 N–H and O–H groups in total. The van der Waals surface area contributed by atoms with Gasteiger partial charge in [0.15, 0.2) is 0 Å². The van der Waals surface area contributed by atoms with Crippen LogP contribution in [0.4, 0.5) is 5.69 Å². The number of esters is 1. The maximum Gasteiger partial charge on any atom is 0.316 e. The first-order valence-electron chi connectivity index (χ1n) is 7.91. The second-order valence-electron chi connectivity index (χ2n) is 5.89. The number of rotatable bonds is 4. The normalized spacial score (nSPS) is 16.8. The molecule has 0 bridgehead atoms. The Morgan fingerprint density at radius 2 is 1.84 bits per heavy atom. The third kappa shape index (κ3) is 3.61. The van der Waals surface area contributed by atoms with Gasteiger partial charge < -0.3 is 14.4 Å². The molecule has 3 rings (SSSR count). The number of benzene rings is 2. The highest BCUT2D eigenvalue weighted by atomic mass is 35.5. The summed E-state index contributed by atoms with van der Waals surface area (Å²) < 4.78 is 10.5. The van der Waals surface area contributed by atoms with Gasteiger partial charge in [0.25, 0.3) is 0 Å². The summed E-state index contributed by atoms with van der Waals surface area (Å²) in [5.41, 5.74) is 1.55. The van der Waals surface area contributed by atoms with Crippen LogP contribution in [0.15, 0.2) is 42.5 Å². The maximum absolute atomic E-state index is 12.4. The number of amides is 1. The van der Waals surface area contributed by atoms with Gasteiger partial charge in [-0.25, -0.2) is 0 Å². The van der Waals surface area contributed by atoms with Crippen LogP contribution >= 0.6 is 11.6 Å². The Morgan fingerprint density at radius 1 is 1.16 bits per heavy atom. The van der Waals surface area contributed by atoms with Crippen LogP contribution in [0, 0.1) is 12.8 Å². The van der Waals surface area contributed by atoms with Gasteiger partial charge in [0.1, 0.15) is 11.5 Å². The predicted molar refractivity (Wildman–Crippen MR) is 95.3 cm³/mol. The van der Waals surface area contributed by atoms with Gasteiger partial charge >= 0.3 is 5.97 Å². The molecule has 0 unspecified atom stereocenters. The molecule has 1 aliphatic rings. The summed E-state index contributed by atoms with van der Waals surface area (Å²) in [4.78, 5) is 26.3. The van der Waals surface area contributed by atoms with E-state index in [1.54, 1.807) is 48.4 Å². The molecule has 5 nitrogen and oxygen atoms in total. The zero-order chi connectivity index (χ0) is 18.0. The summed E-state index contributed by atoms with van der Waals surface area (Å²) >= 11 is 6.13. The van der Waals surface area contributed by atoms with E-state index in [4.69, 9.17) is 21.1 Å². The standard InChI is InChI=1S/C19H18ClNO4/c1-12-16(20)4-3-5-17(12)21-11-13(10-18(21)22)19(23)25-15-8-6-14(24-2)7-9-15/h3-9,13H,10-11H2,1-2H3/t13-/m0/s1. The van der Waals surface area contributed by atoms with Crippen LogP contribution in [0.25, 0.3) is 0 Å². The molecule has 0 saturated carbocycles. The average molecular weight is 360 g/mol. The number of carbonyl (C=O) groups is 2. The largest absolute Gasteiger partial charge is 0.497 e. The van der Waals surface area contributed by atoms with Crippen LogP contribution in [0.2, 0.25) is 5.02 Å². The number of hydrogen-bond donors (Lipinski definition) is 0. The Labute approximate surface area is 151 Å². The Balaban J connectivity index is 1.71. The van der Waals surface area contributed by atoms with Gasteiger partial charge in [0, 0.05) is 23.7 Å². The van der Waals surface area contributed by atoms with Gasteiger partial charge in [0.2, 0.25) is 5.91 Å². The lowest BCUT2D eigenvalue weighted by Gasteiger charge is -2.19. The number of nitrogens with zero attached hydrogens (tertiary/aromatic N) is 1. The Morgan fingerprint density at radius 3 is 2.52 bits per heavy atom. The van der Waals surface area contributed by atoms with Crippen molar-refractivity contribution in [2.75, 3.05) is 18.6 Å². The second-order valence-corrected chi connectivity index (χ2v) is 6.29. The van der Waals surface area contributed by atoms with E-state index in [0.29, 0.717) is 16.5 Å². The van der Waals surface area contributed by atoms with Crippen LogP contribution in [-0.2, 0) is 9.59 Å². The lowest BCUT2D eigenvalue weighted by molar-refractivity contribution is -0.139. The molecule has 130 valence electrons. The van der Waals surface area contributed by atoms with Crippen LogP contribution in [0.1, 0.15) is 12.0 Å². The minimum absolute atomic E-state index is 0.109. The van der Waals surface area contributed by atoms with Gasteiger partial charge in [-0.1, -0.05) is 17.7 Å². The summed E-state index contributed by atoms with van der Waals surface area (Å²) in [7, 11) is 1.57. The zero-order valence-corrected chi connectivity index (χ0v) is 14.7. The number of carbonyl (C=O) groups excluding carboxylic acids is 2. The van der Waals surface area contributed by atoms with E-state index in [0.717, 1.165) is 11.3 Å². The van der Waals surface area contributed by atoms with E-state index in [-0.39, 0.29) is 18.9 Å². The van der Waals surface area contributed by atoms with Crippen LogP contribution < -0.4 is 14.4 Å². The lowest BCUT2D eigenvalue weighted by Crippen LogP contribution is -2.27. The fourth-order valence-corrected chi connectivity index (χ4v) is 3.00. The number of methoxy groups -OCH3 is 1. The molecule has 6 heteroatoms. The molecule has 1 fully saturated rings. The third-order valence-electron chi connectivity index (χ3n) is 4.27. The average Bonchev–Trinajstić information content (AvgIpc) is 3.00. The van der Waals surface area contributed by atoms with Crippen molar-refractivity contribution in [3.63, 3.8) is 0 Å². The van der Waals surface area contributed by atoms with E-state index < -0.39 is 11.9 Å². The van der Waals surface area contributed by atoms with Crippen molar-refractivity contribution in [1.82, 2.24) is 0 Å². The summed E-state index contributed by atoms with van der Waals surface area (Å²) in [6.07, 6.45) is 0.126. The summed E-state index contributed by atoms with van der Waals surface area (Å²) in [6, 6.07) is 12.1. The fourth-order valence-electron chi connectivity index (χ4n) is 2.83. The SMILES string of the molecule is COc1ccc(OC(=O)[C@H]2CC(=O)N(c3cccc(Cl)c3C)C2)cc1. The molecular formula is C19H18ClNO4. The first kappa shape index (κ1) is 17.3. The van der Waals surface area contributed by atoms with Crippen LogP contribution in [-0.4, -0.2) is 25.5 Å². The molecule has 1 saturated heterocycles. The predicted octanol–water partition coefficient (Wildman–Crippen LogP) is 3.62. The van der Waals surface area contributed by atoms with E-state index in [1.807, 2.05) is 13.0 Å². The van der Waals surface area contributed by atoms with Crippen molar-refractivity contribution in [2.45, 2.75) is 13.3 Å². The molecule has 1 heterocycles. The number of hydrogen-bond acceptors (Lipinski definition) is 4. The monoisotopic (exact) mass is 359 g/mol. The highest BCUT2D eigenvalue weighted by Gasteiger charge is 2.37. The number of halogens is 1. The Hall–Kier alpha value is -2.53.